The summed E-state index contributed by atoms with van der Waals surface area (Å²) in [6, 6.07) is 6.52. The second kappa shape index (κ2) is 14.9. The minimum atomic E-state index is -0.257. The van der Waals surface area contributed by atoms with E-state index in [0.717, 1.165) is 43.2 Å². The lowest BCUT2D eigenvalue weighted by molar-refractivity contribution is -0.121. The van der Waals surface area contributed by atoms with Crippen LogP contribution >= 0.6 is 11.5 Å². The molecular weight excluding hydrogens is 441 g/mol. The normalized spacial score (nSPS) is 12.2. The first-order valence-corrected chi connectivity index (χ1v) is 12.5. The summed E-state index contributed by atoms with van der Waals surface area (Å²) in [5.74, 6) is 0.479. The van der Waals surface area contributed by atoms with Gasteiger partial charge in [0.2, 0.25) is 11.0 Å². The number of carbonyl (C=O) groups is 1. The number of methoxy groups -OCH3 is 1. The van der Waals surface area contributed by atoms with Crippen molar-refractivity contribution in [3.8, 4) is 0 Å². The molecule has 184 valence electrons. The Kier molecular flexibility index (Phi) is 12.3. The molecule has 0 saturated heterocycles. The van der Waals surface area contributed by atoms with Crippen molar-refractivity contribution in [1.82, 2.24) is 19.6 Å². The highest BCUT2D eigenvalue weighted by atomic mass is 32.1. The highest BCUT2D eigenvalue weighted by molar-refractivity contribution is 7.09. The van der Waals surface area contributed by atoms with Crippen LogP contribution in [-0.2, 0) is 16.0 Å². The smallest absolute Gasteiger partial charge is 0.221 e. The van der Waals surface area contributed by atoms with Gasteiger partial charge in [0.05, 0.1) is 6.61 Å². The summed E-state index contributed by atoms with van der Waals surface area (Å²) in [5.41, 5.74) is 0.957. The Labute approximate surface area is 201 Å². The Morgan fingerprint density at radius 3 is 2.58 bits per heavy atom. The standard InChI is InChI=1S/C24H38FN5O2S/c1-5-29(6-2)14-7-8-19(3)26-23(31)13-15-30(16-17-32-4)24-27-22(28-33-24)18-20-9-11-21(25)12-10-20/h9-12,19H,5-8,13-18H2,1-4H3,(H,26,31). The van der Waals surface area contributed by atoms with Crippen LogP contribution in [0.3, 0.4) is 0 Å². The maximum absolute atomic E-state index is 13.1. The van der Waals surface area contributed by atoms with E-state index < -0.39 is 0 Å². The van der Waals surface area contributed by atoms with E-state index in [-0.39, 0.29) is 17.8 Å². The van der Waals surface area contributed by atoms with Crippen molar-refractivity contribution >= 4 is 22.6 Å². The number of hydrogen-bond donors (Lipinski definition) is 1. The van der Waals surface area contributed by atoms with Crippen molar-refractivity contribution in [2.45, 2.75) is 52.5 Å². The number of carbonyl (C=O) groups excluding carboxylic acids is 1. The zero-order chi connectivity index (χ0) is 24.1. The number of aromatic nitrogens is 2. The third kappa shape index (κ3) is 10.1. The summed E-state index contributed by atoms with van der Waals surface area (Å²) in [6.45, 7) is 11.3. The lowest BCUT2D eigenvalue weighted by Crippen LogP contribution is -2.37. The second-order valence-corrected chi connectivity index (χ2v) is 8.89. The van der Waals surface area contributed by atoms with Crippen LogP contribution in [0.5, 0.6) is 0 Å². The fraction of sp³-hybridized carbons (Fsp3) is 0.625. The molecule has 2 rings (SSSR count). The summed E-state index contributed by atoms with van der Waals surface area (Å²) >= 11 is 1.31. The molecule has 33 heavy (non-hydrogen) atoms. The van der Waals surface area contributed by atoms with E-state index in [1.807, 2.05) is 4.90 Å². The summed E-state index contributed by atoms with van der Waals surface area (Å²) < 4.78 is 22.8. The third-order valence-corrected chi connectivity index (χ3v) is 6.41. The molecule has 0 aliphatic heterocycles. The molecule has 0 fully saturated rings. The maximum atomic E-state index is 13.1. The molecule has 0 saturated carbocycles. The first-order chi connectivity index (χ1) is 15.9. The van der Waals surface area contributed by atoms with E-state index in [9.17, 15) is 9.18 Å². The molecule has 1 amide bonds. The van der Waals surface area contributed by atoms with Gasteiger partial charge in [0, 0.05) is 50.6 Å². The van der Waals surface area contributed by atoms with Crippen LogP contribution in [0.25, 0.3) is 0 Å². The summed E-state index contributed by atoms with van der Waals surface area (Å²) in [6.07, 6.45) is 2.97. The number of benzene rings is 1. The van der Waals surface area contributed by atoms with Crippen molar-refractivity contribution in [1.29, 1.82) is 0 Å². The molecule has 0 bridgehead atoms. The van der Waals surface area contributed by atoms with Crippen LogP contribution in [0.4, 0.5) is 9.52 Å². The first kappa shape index (κ1) is 27.1. The second-order valence-electron chi connectivity index (χ2n) is 8.16. The van der Waals surface area contributed by atoms with Crippen LogP contribution in [0.1, 0.15) is 51.4 Å². The fourth-order valence-corrected chi connectivity index (χ4v) is 4.29. The van der Waals surface area contributed by atoms with E-state index in [0.29, 0.717) is 38.4 Å². The lowest BCUT2D eigenvalue weighted by Gasteiger charge is -2.22. The van der Waals surface area contributed by atoms with E-state index in [2.05, 4.69) is 40.3 Å². The molecular formula is C24H38FN5O2S. The van der Waals surface area contributed by atoms with Gasteiger partial charge in [0.25, 0.3) is 0 Å². The SMILES string of the molecule is CCN(CC)CCCC(C)NC(=O)CCN(CCOC)c1nc(Cc2ccc(F)cc2)ns1. The molecule has 2 aromatic rings. The number of amides is 1. The van der Waals surface area contributed by atoms with E-state index >= 15 is 0 Å². The summed E-state index contributed by atoms with van der Waals surface area (Å²) in [5, 5.41) is 3.88. The number of nitrogens with one attached hydrogen (secondary N) is 1. The van der Waals surface area contributed by atoms with E-state index in [1.54, 1.807) is 19.2 Å². The average molecular weight is 480 g/mol. The van der Waals surface area contributed by atoms with Gasteiger partial charge in [-0.1, -0.05) is 26.0 Å². The van der Waals surface area contributed by atoms with Gasteiger partial charge in [-0.25, -0.2) is 9.37 Å². The van der Waals surface area contributed by atoms with Crippen molar-refractivity contribution in [3.63, 3.8) is 0 Å². The van der Waals surface area contributed by atoms with E-state index in [1.165, 1.54) is 23.7 Å². The highest BCUT2D eigenvalue weighted by Gasteiger charge is 2.16. The third-order valence-electron chi connectivity index (χ3n) is 5.59. The highest BCUT2D eigenvalue weighted by Crippen LogP contribution is 2.19. The molecule has 1 aromatic carbocycles. The van der Waals surface area contributed by atoms with Crippen molar-refractivity contribution in [2.24, 2.45) is 0 Å². The van der Waals surface area contributed by atoms with Gasteiger partial charge in [-0.05, 0) is 57.1 Å². The number of halogens is 1. The van der Waals surface area contributed by atoms with Crippen molar-refractivity contribution in [3.05, 3.63) is 41.5 Å². The molecule has 0 aliphatic carbocycles. The van der Waals surface area contributed by atoms with Crippen LogP contribution in [-0.4, -0.2) is 72.6 Å². The molecule has 0 radical (unpaired) electrons. The van der Waals surface area contributed by atoms with Crippen LogP contribution in [0, 0.1) is 5.82 Å². The number of rotatable bonds is 16. The number of ether oxygens (including phenoxy) is 1. The predicted molar refractivity (Wildman–Crippen MR) is 132 cm³/mol. The number of hydrogen-bond acceptors (Lipinski definition) is 7. The Hall–Kier alpha value is -2.10. The molecule has 0 aliphatic rings. The minimum absolute atomic E-state index is 0.0452. The fourth-order valence-electron chi connectivity index (χ4n) is 3.55. The van der Waals surface area contributed by atoms with Gasteiger partial charge >= 0.3 is 0 Å². The monoisotopic (exact) mass is 479 g/mol. The Bertz CT molecular complexity index is 813. The van der Waals surface area contributed by atoms with Crippen LogP contribution in [0.2, 0.25) is 0 Å². The zero-order valence-corrected chi connectivity index (χ0v) is 21.2. The van der Waals surface area contributed by atoms with Gasteiger partial charge in [0.15, 0.2) is 0 Å². The lowest BCUT2D eigenvalue weighted by atomic mass is 10.1. The molecule has 1 unspecified atom stereocenters. The molecule has 7 nitrogen and oxygen atoms in total. The molecule has 1 N–H and O–H groups in total. The van der Waals surface area contributed by atoms with Crippen LogP contribution < -0.4 is 10.2 Å². The van der Waals surface area contributed by atoms with E-state index in [4.69, 9.17) is 4.74 Å². The zero-order valence-electron chi connectivity index (χ0n) is 20.3. The molecule has 0 spiro atoms. The largest absolute Gasteiger partial charge is 0.383 e. The maximum Gasteiger partial charge on any atom is 0.221 e. The minimum Gasteiger partial charge on any atom is -0.383 e. The molecule has 1 atom stereocenters. The van der Waals surface area contributed by atoms with Crippen molar-refractivity contribution in [2.75, 3.05) is 51.3 Å². The molecule has 1 heterocycles. The predicted octanol–water partition coefficient (Wildman–Crippen LogP) is 3.74. The number of nitrogens with zero attached hydrogens (tertiary/aromatic N) is 4. The van der Waals surface area contributed by atoms with Gasteiger partial charge in [-0.2, -0.15) is 4.37 Å². The quantitative estimate of drug-likeness (QED) is 0.396. The van der Waals surface area contributed by atoms with Gasteiger partial charge in [-0.15, -0.1) is 0 Å². The van der Waals surface area contributed by atoms with Crippen LogP contribution in [0.15, 0.2) is 24.3 Å². The first-order valence-electron chi connectivity index (χ1n) is 11.8. The summed E-state index contributed by atoms with van der Waals surface area (Å²) in [7, 11) is 1.66. The average Bonchev–Trinajstić information content (AvgIpc) is 3.26. The van der Waals surface area contributed by atoms with Gasteiger partial charge in [-0.3, -0.25) is 4.79 Å². The van der Waals surface area contributed by atoms with Crippen molar-refractivity contribution < 1.29 is 13.9 Å². The Balaban J connectivity index is 1.84. The van der Waals surface area contributed by atoms with Gasteiger partial charge in [0.1, 0.15) is 11.6 Å². The molecule has 9 heteroatoms. The Morgan fingerprint density at radius 1 is 1.18 bits per heavy atom. The summed E-state index contributed by atoms with van der Waals surface area (Å²) in [4.78, 5) is 21.6. The topological polar surface area (TPSA) is 70.6 Å². The van der Waals surface area contributed by atoms with Gasteiger partial charge < -0.3 is 19.9 Å². The molecule has 1 aromatic heterocycles. The number of anilines is 1. The Morgan fingerprint density at radius 2 is 1.91 bits per heavy atom.